The van der Waals surface area contributed by atoms with Crippen LogP contribution in [0.2, 0.25) is 0 Å². The lowest BCUT2D eigenvalue weighted by molar-refractivity contribution is -0.141. The standard InChI is InChI=1S/C14H21N3O4/c1-14(21,9-12(18)19)10-16-13(20)17(2)8-6-11-5-3-4-7-15-11/h3-5,7,21H,6,8-10H2,1-2H3,(H,16,20)(H,18,19). The Balaban J connectivity index is 2.36. The normalized spacial score (nSPS) is 13.3. The van der Waals surface area contributed by atoms with Gasteiger partial charge in [0.15, 0.2) is 0 Å². The molecule has 0 aliphatic carbocycles. The number of amides is 2. The molecule has 0 aliphatic rings. The van der Waals surface area contributed by atoms with Gasteiger partial charge in [0, 0.05) is 38.4 Å². The van der Waals surface area contributed by atoms with E-state index in [9.17, 15) is 14.7 Å². The predicted octanol–water partition coefficient (Wildman–Crippen LogP) is 0.491. The van der Waals surface area contributed by atoms with Crippen molar-refractivity contribution >= 4 is 12.0 Å². The molecule has 1 atom stereocenters. The molecule has 2 amide bonds. The molecule has 1 aromatic rings. The molecule has 0 spiro atoms. The number of nitrogens with zero attached hydrogens (tertiary/aromatic N) is 2. The number of hydrogen-bond donors (Lipinski definition) is 3. The summed E-state index contributed by atoms with van der Waals surface area (Å²) in [6.07, 6.45) is 1.89. The molecular formula is C14H21N3O4. The van der Waals surface area contributed by atoms with E-state index >= 15 is 0 Å². The van der Waals surface area contributed by atoms with Gasteiger partial charge in [0.2, 0.25) is 0 Å². The summed E-state index contributed by atoms with van der Waals surface area (Å²) >= 11 is 0. The van der Waals surface area contributed by atoms with Gasteiger partial charge in [-0.2, -0.15) is 0 Å². The molecule has 0 saturated heterocycles. The number of carbonyl (C=O) groups excluding carboxylic acids is 1. The summed E-state index contributed by atoms with van der Waals surface area (Å²) in [6, 6.07) is 5.22. The van der Waals surface area contributed by atoms with Crippen molar-refractivity contribution in [2.45, 2.75) is 25.4 Å². The van der Waals surface area contributed by atoms with Crippen LogP contribution >= 0.6 is 0 Å². The van der Waals surface area contributed by atoms with E-state index in [1.54, 1.807) is 13.2 Å². The third kappa shape index (κ3) is 6.71. The summed E-state index contributed by atoms with van der Waals surface area (Å²) in [7, 11) is 1.63. The van der Waals surface area contributed by atoms with Crippen LogP contribution in [0.15, 0.2) is 24.4 Å². The van der Waals surface area contributed by atoms with Gasteiger partial charge in [-0.05, 0) is 19.1 Å². The number of urea groups is 1. The Morgan fingerprint density at radius 1 is 1.43 bits per heavy atom. The Labute approximate surface area is 123 Å². The van der Waals surface area contributed by atoms with E-state index < -0.39 is 18.0 Å². The average Bonchev–Trinajstić information content (AvgIpc) is 2.42. The molecule has 21 heavy (non-hydrogen) atoms. The second-order valence-corrected chi connectivity index (χ2v) is 5.22. The van der Waals surface area contributed by atoms with Crippen molar-refractivity contribution in [1.29, 1.82) is 0 Å². The van der Waals surface area contributed by atoms with Crippen molar-refractivity contribution in [3.05, 3.63) is 30.1 Å². The Bertz CT molecular complexity index is 476. The lowest BCUT2D eigenvalue weighted by Crippen LogP contribution is -2.46. The molecule has 1 heterocycles. The molecule has 3 N–H and O–H groups in total. The number of carboxylic acid groups (broad SMARTS) is 1. The first-order chi connectivity index (χ1) is 9.80. The van der Waals surface area contributed by atoms with Gasteiger partial charge in [0.25, 0.3) is 0 Å². The summed E-state index contributed by atoms with van der Waals surface area (Å²) in [5.41, 5.74) is -0.585. The Hall–Kier alpha value is -2.15. The molecule has 0 fully saturated rings. The number of aliphatic hydroxyl groups is 1. The maximum Gasteiger partial charge on any atom is 0.317 e. The van der Waals surface area contributed by atoms with Gasteiger partial charge in [-0.15, -0.1) is 0 Å². The molecule has 1 unspecified atom stereocenters. The van der Waals surface area contributed by atoms with E-state index in [1.165, 1.54) is 11.8 Å². The average molecular weight is 295 g/mol. The van der Waals surface area contributed by atoms with Crippen LogP contribution in [-0.4, -0.2) is 57.8 Å². The summed E-state index contributed by atoms with van der Waals surface area (Å²) in [6.45, 7) is 1.73. The lowest BCUT2D eigenvalue weighted by atomic mass is 10.0. The summed E-state index contributed by atoms with van der Waals surface area (Å²) in [4.78, 5) is 28.0. The third-order valence-electron chi connectivity index (χ3n) is 2.93. The Kier molecular flexibility index (Phi) is 6.10. The van der Waals surface area contributed by atoms with Gasteiger partial charge < -0.3 is 20.4 Å². The smallest absolute Gasteiger partial charge is 0.317 e. The number of pyridine rings is 1. The first-order valence-corrected chi connectivity index (χ1v) is 6.63. The lowest BCUT2D eigenvalue weighted by Gasteiger charge is -2.24. The van der Waals surface area contributed by atoms with Crippen molar-refractivity contribution in [3.63, 3.8) is 0 Å². The first kappa shape index (κ1) is 16.9. The second-order valence-electron chi connectivity index (χ2n) is 5.22. The van der Waals surface area contributed by atoms with E-state index in [-0.39, 0.29) is 12.6 Å². The number of likely N-dealkylation sites (N-methyl/N-ethyl adjacent to an activating group) is 1. The van der Waals surface area contributed by atoms with Crippen LogP contribution in [0.25, 0.3) is 0 Å². The van der Waals surface area contributed by atoms with Crippen molar-refractivity contribution in [2.24, 2.45) is 0 Å². The number of carboxylic acids is 1. The van der Waals surface area contributed by atoms with Crippen LogP contribution < -0.4 is 5.32 Å². The van der Waals surface area contributed by atoms with E-state index in [2.05, 4.69) is 10.3 Å². The molecule has 0 radical (unpaired) electrons. The van der Waals surface area contributed by atoms with Crippen molar-refractivity contribution in [1.82, 2.24) is 15.2 Å². The largest absolute Gasteiger partial charge is 0.481 e. The fourth-order valence-corrected chi connectivity index (χ4v) is 1.72. The van der Waals surface area contributed by atoms with Crippen LogP contribution in [0.1, 0.15) is 19.0 Å². The zero-order valence-corrected chi connectivity index (χ0v) is 12.2. The molecule has 1 aromatic heterocycles. The topological polar surface area (TPSA) is 103 Å². The molecule has 0 saturated carbocycles. The highest BCUT2D eigenvalue weighted by atomic mass is 16.4. The van der Waals surface area contributed by atoms with Gasteiger partial charge in [-0.25, -0.2) is 4.79 Å². The van der Waals surface area contributed by atoms with Crippen molar-refractivity contribution in [2.75, 3.05) is 20.1 Å². The number of nitrogens with one attached hydrogen (secondary N) is 1. The fourth-order valence-electron chi connectivity index (χ4n) is 1.72. The molecule has 0 bridgehead atoms. The third-order valence-corrected chi connectivity index (χ3v) is 2.93. The van der Waals surface area contributed by atoms with E-state index in [1.807, 2.05) is 18.2 Å². The molecule has 116 valence electrons. The molecule has 0 aliphatic heterocycles. The zero-order chi connectivity index (χ0) is 15.9. The summed E-state index contributed by atoms with van der Waals surface area (Å²) in [5, 5.41) is 21.0. The van der Waals surface area contributed by atoms with Crippen molar-refractivity contribution in [3.8, 4) is 0 Å². The maximum absolute atomic E-state index is 11.8. The van der Waals surface area contributed by atoms with Crippen LogP contribution in [0.5, 0.6) is 0 Å². The highest BCUT2D eigenvalue weighted by molar-refractivity contribution is 5.74. The van der Waals surface area contributed by atoms with E-state index in [0.717, 1.165) is 5.69 Å². The number of hydrogen-bond acceptors (Lipinski definition) is 4. The molecule has 7 heteroatoms. The summed E-state index contributed by atoms with van der Waals surface area (Å²) < 4.78 is 0. The monoisotopic (exact) mass is 295 g/mol. The minimum Gasteiger partial charge on any atom is -0.481 e. The molecule has 0 aromatic carbocycles. The summed E-state index contributed by atoms with van der Waals surface area (Å²) in [5.74, 6) is -1.11. The van der Waals surface area contributed by atoms with Crippen LogP contribution in [0.3, 0.4) is 0 Å². The van der Waals surface area contributed by atoms with E-state index in [0.29, 0.717) is 13.0 Å². The Morgan fingerprint density at radius 3 is 2.71 bits per heavy atom. The predicted molar refractivity (Wildman–Crippen MR) is 76.8 cm³/mol. The quantitative estimate of drug-likeness (QED) is 0.679. The van der Waals surface area contributed by atoms with Gasteiger partial charge in [-0.1, -0.05) is 6.07 Å². The SMILES string of the molecule is CN(CCc1ccccn1)C(=O)NCC(C)(O)CC(=O)O. The van der Waals surface area contributed by atoms with Crippen molar-refractivity contribution < 1.29 is 19.8 Å². The fraction of sp³-hybridized carbons (Fsp3) is 0.500. The van der Waals surface area contributed by atoms with Gasteiger partial charge in [0.05, 0.1) is 12.0 Å². The number of rotatable bonds is 7. The van der Waals surface area contributed by atoms with Crippen LogP contribution in [0.4, 0.5) is 4.79 Å². The molecular weight excluding hydrogens is 274 g/mol. The minimum atomic E-state index is -1.47. The van der Waals surface area contributed by atoms with Gasteiger partial charge in [0.1, 0.15) is 0 Å². The Morgan fingerprint density at radius 2 is 2.14 bits per heavy atom. The second kappa shape index (κ2) is 7.58. The molecule has 7 nitrogen and oxygen atoms in total. The van der Waals surface area contributed by atoms with Gasteiger partial charge >= 0.3 is 12.0 Å². The minimum absolute atomic E-state index is 0.119. The number of aromatic nitrogens is 1. The molecule has 1 rings (SSSR count). The van der Waals surface area contributed by atoms with E-state index in [4.69, 9.17) is 5.11 Å². The highest BCUT2D eigenvalue weighted by Gasteiger charge is 2.25. The first-order valence-electron chi connectivity index (χ1n) is 6.63. The highest BCUT2D eigenvalue weighted by Crippen LogP contribution is 2.07. The zero-order valence-electron chi connectivity index (χ0n) is 12.2. The van der Waals surface area contributed by atoms with Gasteiger partial charge in [-0.3, -0.25) is 9.78 Å². The number of carbonyl (C=O) groups is 2. The maximum atomic E-state index is 11.8. The number of aliphatic carboxylic acids is 1. The van der Waals surface area contributed by atoms with Crippen LogP contribution in [0, 0.1) is 0 Å². The van der Waals surface area contributed by atoms with Crippen LogP contribution in [-0.2, 0) is 11.2 Å².